The number of amides is 3. The molecule has 6 heterocycles. The predicted octanol–water partition coefficient (Wildman–Crippen LogP) is 5.97. The number of rotatable bonds is 15. The number of ether oxygens (including phenoxy) is 1. The van der Waals surface area contributed by atoms with E-state index in [1.54, 1.807) is 66.9 Å². The average molecular weight is 979 g/mol. The maximum atomic E-state index is 15.4. The molecule has 4 N–H and O–H groups in total. The van der Waals surface area contributed by atoms with Gasteiger partial charge in [0.2, 0.25) is 11.8 Å². The van der Waals surface area contributed by atoms with Crippen LogP contribution in [-0.2, 0) is 34.5 Å². The van der Waals surface area contributed by atoms with E-state index in [4.69, 9.17) is 4.74 Å². The number of hydrogen-bond donors (Lipinski definition) is 4. The standard InChI is InChI=1S/C54H59FN10O7/c1-53(2,30-57-41-10-6-9-37-38(41)27-65(50(37)69)44-15-17-46(67)60-49(44)68)72-54(3,4)31-62-20-22-63(23-21-62)35-14-16-45(56-26-35)59-48-52(71)61(5)28-42(58-48)36-8-7-11-43(39(36)29-66)64-19-18-33-24-34(32-12-13-32)25-40(55)47(33)51(64)70/h6-11,14,16,18-19,24-26,28,32,44,57,66H,12-13,15,17,20-23,27,29-31H2,1-5H3,(H,56,58,59)(H,60,67,68). The van der Waals surface area contributed by atoms with Crippen LogP contribution in [0.15, 0.2) is 94.9 Å². The summed E-state index contributed by atoms with van der Waals surface area (Å²) in [5.41, 5.74) is 3.64. The second-order valence-electron chi connectivity index (χ2n) is 20.6. The second-order valence-corrected chi connectivity index (χ2v) is 20.6. The number of halogens is 1. The van der Waals surface area contributed by atoms with Crippen LogP contribution in [0.3, 0.4) is 0 Å². The topological polar surface area (TPSA) is 196 Å². The van der Waals surface area contributed by atoms with E-state index >= 15 is 4.39 Å². The fraction of sp³-hybridized carbons (Fsp3) is 0.389. The number of piperidine rings is 1. The van der Waals surface area contributed by atoms with Crippen LogP contribution in [0.2, 0.25) is 0 Å². The molecular formula is C54H59FN10O7. The molecule has 2 saturated heterocycles. The highest BCUT2D eigenvalue weighted by Gasteiger charge is 2.40. The fourth-order valence-corrected chi connectivity index (χ4v) is 10.6. The third-order valence-corrected chi connectivity index (χ3v) is 14.1. The van der Waals surface area contributed by atoms with Gasteiger partial charge >= 0.3 is 0 Å². The third kappa shape index (κ3) is 9.73. The molecule has 17 nitrogen and oxygen atoms in total. The molecule has 1 atom stereocenters. The Balaban J connectivity index is 0.752. The van der Waals surface area contributed by atoms with Crippen LogP contribution in [0.5, 0.6) is 0 Å². The molecule has 374 valence electrons. The number of anilines is 4. The van der Waals surface area contributed by atoms with Gasteiger partial charge in [0.15, 0.2) is 5.82 Å². The van der Waals surface area contributed by atoms with Crippen molar-refractivity contribution in [3.8, 4) is 16.9 Å². The third-order valence-electron chi connectivity index (χ3n) is 14.1. The van der Waals surface area contributed by atoms with E-state index in [2.05, 4.69) is 49.6 Å². The predicted molar refractivity (Wildman–Crippen MR) is 272 cm³/mol. The molecule has 0 bridgehead atoms. The van der Waals surface area contributed by atoms with Gasteiger partial charge in [-0.25, -0.2) is 14.4 Å². The maximum absolute atomic E-state index is 15.4. The van der Waals surface area contributed by atoms with Gasteiger partial charge in [-0.1, -0.05) is 24.3 Å². The number of imide groups is 1. The van der Waals surface area contributed by atoms with Gasteiger partial charge in [0.25, 0.3) is 17.0 Å². The molecule has 1 saturated carbocycles. The number of piperazine rings is 1. The maximum Gasteiger partial charge on any atom is 0.293 e. The van der Waals surface area contributed by atoms with Crippen LogP contribution in [0.1, 0.15) is 86.3 Å². The molecule has 3 amide bonds. The zero-order chi connectivity index (χ0) is 50.6. The van der Waals surface area contributed by atoms with Crippen molar-refractivity contribution in [2.45, 2.75) is 89.7 Å². The number of hydrogen-bond acceptors (Lipinski definition) is 13. The summed E-state index contributed by atoms with van der Waals surface area (Å²) in [5.74, 6) is -0.762. The highest BCUT2D eigenvalue weighted by atomic mass is 19.1. The van der Waals surface area contributed by atoms with Crippen molar-refractivity contribution in [2.75, 3.05) is 54.8 Å². The molecule has 72 heavy (non-hydrogen) atoms. The van der Waals surface area contributed by atoms with Gasteiger partial charge in [-0.3, -0.25) is 38.8 Å². The zero-order valence-electron chi connectivity index (χ0n) is 41.1. The van der Waals surface area contributed by atoms with E-state index in [-0.39, 0.29) is 36.0 Å². The molecule has 3 aliphatic heterocycles. The Hall–Kier alpha value is -7.28. The van der Waals surface area contributed by atoms with Crippen LogP contribution in [-0.4, -0.2) is 108 Å². The van der Waals surface area contributed by atoms with Crippen molar-refractivity contribution >= 4 is 51.5 Å². The lowest BCUT2D eigenvalue weighted by Gasteiger charge is -2.42. The van der Waals surface area contributed by atoms with Crippen molar-refractivity contribution < 1.29 is 28.6 Å². The van der Waals surface area contributed by atoms with Crippen molar-refractivity contribution in [1.29, 1.82) is 0 Å². The molecule has 0 radical (unpaired) electrons. The SMILES string of the molecule is Cn1cc(-c2cccc(-n3ccc4cc(C5CC5)cc(F)c4c3=O)c2CO)nc(Nc2ccc(N3CCN(CC(C)(C)OC(C)(C)CNc4cccc5c4CN(C4CCC(=O)NC4=O)C5=O)CC3)cn2)c1=O. The Morgan fingerprint density at radius 3 is 2.38 bits per heavy atom. The van der Waals surface area contributed by atoms with Crippen LogP contribution >= 0.6 is 0 Å². The van der Waals surface area contributed by atoms with Crippen LogP contribution in [0, 0.1) is 5.82 Å². The van der Waals surface area contributed by atoms with Gasteiger partial charge in [-0.05, 0) is 106 Å². The van der Waals surface area contributed by atoms with Crippen LogP contribution < -0.4 is 32.0 Å². The van der Waals surface area contributed by atoms with E-state index in [0.29, 0.717) is 64.7 Å². The summed E-state index contributed by atoms with van der Waals surface area (Å²) in [5, 5.41) is 20.2. The van der Waals surface area contributed by atoms with Gasteiger partial charge < -0.3 is 34.8 Å². The molecule has 1 unspecified atom stereocenters. The number of benzene rings is 3. The lowest BCUT2D eigenvalue weighted by Crippen LogP contribution is -2.53. The number of fused-ring (bicyclic) bond motifs is 2. The first-order valence-corrected chi connectivity index (χ1v) is 24.5. The fourth-order valence-electron chi connectivity index (χ4n) is 10.6. The first-order chi connectivity index (χ1) is 34.5. The molecule has 10 rings (SSSR count). The van der Waals surface area contributed by atoms with Gasteiger partial charge in [-0.2, -0.15) is 0 Å². The Morgan fingerprint density at radius 2 is 1.65 bits per heavy atom. The summed E-state index contributed by atoms with van der Waals surface area (Å²) in [6.45, 7) is 12.4. The number of nitrogens with one attached hydrogen (secondary N) is 3. The number of aryl methyl sites for hydroxylation is 1. The monoisotopic (exact) mass is 978 g/mol. The molecule has 3 aromatic carbocycles. The number of pyridine rings is 2. The summed E-state index contributed by atoms with van der Waals surface area (Å²) >= 11 is 0. The highest BCUT2D eigenvalue weighted by Crippen LogP contribution is 2.41. The summed E-state index contributed by atoms with van der Waals surface area (Å²) < 4.78 is 24.9. The number of carbonyl (C=O) groups excluding carboxylic acids is 3. The number of aliphatic hydroxyl groups excluding tert-OH is 1. The minimum absolute atomic E-state index is 0.0149. The molecule has 3 fully saturated rings. The molecule has 1 aliphatic carbocycles. The Bertz CT molecular complexity index is 3250. The van der Waals surface area contributed by atoms with Crippen molar-refractivity contribution in [2.24, 2.45) is 7.05 Å². The Labute approximate surface area is 415 Å². The van der Waals surface area contributed by atoms with Crippen LogP contribution in [0.25, 0.3) is 27.7 Å². The van der Waals surface area contributed by atoms with E-state index < -0.39 is 46.7 Å². The van der Waals surface area contributed by atoms with E-state index in [1.807, 2.05) is 38.1 Å². The molecular weight excluding hydrogens is 920 g/mol. The minimum Gasteiger partial charge on any atom is -0.392 e. The van der Waals surface area contributed by atoms with E-state index in [1.165, 1.54) is 15.2 Å². The number of nitrogens with zero attached hydrogens (tertiary/aromatic N) is 7. The molecule has 6 aromatic rings. The van der Waals surface area contributed by atoms with Crippen molar-refractivity contribution in [1.82, 2.24) is 34.2 Å². The Kier molecular flexibility index (Phi) is 12.8. The van der Waals surface area contributed by atoms with Crippen molar-refractivity contribution in [3.63, 3.8) is 0 Å². The first-order valence-electron chi connectivity index (χ1n) is 24.5. The number of carbonyl (C=O) groups is 3. The smallest absolute Gasteiger partial charge is 0.293 e. The summed E-state index contributed by atoms with van der Waals surface area (Å²) in [6, 6.07) is 18.9. The number of aliphatic hydroxyl groups is 1. The molecule has 0 spiro atoms. The van der Waals surface area contributed by atoms with Gasteiger partial charge in [-0.15, -0.1) is 0 Å². The van der Waals surface area contributed by atoms with Gasteiger partial charge in [0, 0.05) is 99.6 Å². The lowest BCUT2D eigenvalue weighted by atomic mass is 10.0. The first kappa shape index (κ1) is 48.4. The molecule has 4 aliphatic rings. The lowest BCUT2D eigenvalue weighted by molar-refractivity contribution is -0.137. The van der Waals surface area contributed by atoms with Gasteiger partial charge in [0.05, 0.1) is 46.5 Å². The Morgan fingerprint density at radius 1 is 0.889 bits per heavy atom. The molecule has 3 aromatic heterocycles. The summed E-state index contributed by atoms with van der Waals surface area (Å²) in [4.78, 5) is 80.5. The van der Waals surface area contributed by atoms with Crippen molar-refractivity contribution in [3.05, 3.63) is 134 Å². The normalized spacial score (nSPS) is 17.7. The molecule has 18 heteroatoms. The van der Waals surface area contributed by atoms with Crippen LogP contribution in [0.4, 0.5) is 27.4 Å². The number of aromatic nitrogens is 4. The van der Waals surface area contributed by atoms with E-state index in [9.17, 15) is 29.1 Å². The average Bonchev–Trinajstić information content (AvgIpc) is 4.15. The quantitative estimate of drug-likeness (QED) is 0.0881. The largest absolute Gasteiger partial charge is 0.392 e. The minimum atomic E-state index is -0.680. The summed E-state index contributed by atoms with van der Waals surface area (Å²) in [7, 11) is 1.61. The summed E-state index contributed by atoms with van der Waals surface area (Å²) in [6.07, 6.45) is 7.46. The second kappa shape index (κ2) is 19.0. The van der Waals surface area contributed by atoms with Gasteiger partial charge in [0.1, 0.15) is 17.7 Å². The van der Waals surface area contributed by atoms with E-state index in [0.717, 1.165) is 61.5 Å². The highest BCUT2D eigenvalue weighted by molar-refractivity contribution is 6.06. The zero-order valence-corrected chi connectivity index (χ0v) is 41.1.